The molecule has 1 fully saturated rings. The topological polar surface area (TPSA) is 40.5 Å². The Kier molecular flexibility index (Phi) is 4.18. The normalized spacial score (nSPS) is 21.1. The standard InChI is InChI=1S/C13H16BrNO2/c14-10-6-8-11(9-7-10)15(17)12-4-2-1-3-5-13(12)16/h6-9,12,17H,1-5H2. The van der Waals surface area contributed by atoms with Gasteiger partial charge in [0, 0.05) is 10.9 Å². The number of halogens is 1. The second-order valence-electron chi connectivity index (χ2n) is 4.40. The first kappa shape index (κ1) is 12.6. The molecule has 0 aliphatic heterocycles. The lowest BCUT2D eigenvalue weighted by Gasteiger charge is -2.25. The smallest absolute Gasteiger partial charge is 0.157 e. The minimum Gasteiger partial charge on any atom is -0.297 e. The predicted octanol–water partition coefficient (Wildman–Crippen LogP) is 3.55. The van der Waals surface area contributed by atoms with Gasteiger partial charge in [-0.3, -0.25) is 10.0 Å². The number of rotatable bonds is 2. The molecule has 1 saturated carbocycles. The van der Waals surface area contributed by atoms with Crippen molar-refractivity contribution in [2.45, 2.75) is 38.1 Å². The number of ketones is 1. The Labute approximate surface area is 110 Å². The van der Waals surface area contributed by atoms with Crippen molar-refractivity contribution in [2.75, 3.05) is 5.06 Å². The van der Waals surface area contributed by atoms with Gasteiger partial charge in [0.25, 0.3) is 0 Å². The fraction of sp³-hybridized carbons (Fsp3) is 0.462. The summed E-state index contributed by atoms with van der Waals surface area (Å²) in [6, 6.07) is 6.96. The molecular weight excluding hydrogens is 282 g/mol. The molecule has 1 aliphatic carbocycles. The van der Waals surface area contributed by atoms with Gasteiger partial charge in [-0.05, 0) is 37.1 Å². The van der Waals surface area contributed by atoms with Crippen LogP contribution in [0.2, 0.25) is 0 Å². The molecule has 0 heterocycles. The molecule has 2 rings (SSSR count). The van der Waals surface area contributed by atoms with Crippen LogP contribution in [0.5, 0.6) is 0 Å². The van der Waals surface area contributed by atoms with Crippen LogP contribution >= 0.6 is 15.9 Å². The van der Waals surface area contributed by atoms with Gasteiger partial charge < -0.3 is 0 Å². The first-order valence-electron chi connectivity index (χ1n) is 5.95. The lowest BCUT2D eigenvalue weighted by molar-refractivity contribution is -0.121. The van der Waals surface area contributed by atoms with Crippen LogP contribution in [-0.2, 0) is 4.79 Å². The van der Waals surface area contributed by atoms with Crippen LogP contribution in [0.25, 0.3) is 0 Å². The van der Waals surface area contributed by atoms with E-state index in [1.165, 1.54) is 0 Å². The third kappa shape index (κ3) is 3.07. The first-order chi connectivity index (χ1) is 8.18. The zero-order chi connectivity index (χ0) is 12.3. The van der Waals surface area contributed by atoms with Crippen LogP contribution in [0.1, 0.15) is 32.1 Å². The minimum absolute atomic E-state index is 0.146. The molecular formula is C13H16BrNO2. The fourth-order valence-corrected chi connectivity index (χ4v) is 2.44. The molecule has 92 valence electrons. The summed E-state index contributed by atoms with van der Waals surface area (Å²) < 4.78 is 0.960. The average molecular weight is 298 g/mol. The Morgan fingerprint density at radius 2 is 1.88 bits per heavy atom. The summed E-state index contributed by atoms with van der Waals surface area (Å²) in [7, 11) is 0. The Hall–Kier alpha value is -0.870. The maximum absolute atomic E-state index is 11.9. The molecule has 0 saturated heterocycles. The van der Waals surface area contributed by atoms with Crippen molar-refractivity contribution in [3.05, 3.63) is 28.7 Å². The third-order valence-corrected chi connectivity index (χ3v) is 3.69. The van der Waals surface area contributed by atoms with Crippen LogP contribution in [-0.4, -0.2) is 17.0 Å². The molecule has 0 amide bonds. The molecule has 1 atom stereocenters. The van der Waals surface area contributed by atoms with Gasteiger partial charge in [0.15, 0.2) is 5.78 Å². The van der Waals surface area contributed by atoms with Crippen molar-refractivity contribution in [1.29, 1.82) is 0 Å². The summed E-state index contributed by atoms with van der Waals surface area (Å²) in [4.78, 5) is 11.9. The average Bonchev–Trinajstić information content (AvgIpc) is 2.54. The maximum Gasteiger partial charge on any atom is 0.157 e. The minimum atomic E-state index is -0.376. The van der Waals surface area contributed by atoms with Gasteiger partial charge in [0.1, 0.15) is 6.04 Å². The largest absolute Gasteiger partial charge is 0.297 e. The molecule has 1 N–H and O–H groups in total. The van der Waals surface area contributed by atoms with Crippen LogP contribution in [0.15, 0.2) is 28.7 Å². The molecule has 1 unspecified atom stereocenters. The van der Waals surface area contributed by atoms with E-state index in [9.17, 15) is 10.0 Å². The number of hydrogen-bond acceptors (Lipinski definition) is 3. The Morgan fingerprint density at radius 3 is 2.59 bits per heavy atom. The van der Waals surface area contributed by atoms with Crippen molar-refractivity contribution in [2.24, 2.45) is 0 Å². The van der Waals surface area contributed by atoms with E-state index >= 15 is 0 Å². The van der Waals surface area contributed by atoms with Gasteiger partial charge in [-0.15, -0.1) is 0 Å². The SMILES string of the molecule is O=C1CCCCCC1N(O)c1ccc(Br)cc1. The summed E-state index contributed by atoms with van der Waals surface area (Å²) in [5.74, 6) is 0.146. The summed E-state index contributed by atoms with van der Waals surface area (Å²) in [5.41, 5.74) is 0.674. The zero-order valence-corrected chi connectivity index (χ0v) is 11.2. The summed E-state index contributed by atoms with van der Waals surface area (Å²) in [6.45, 7) is 0. The lowest BCUT2D eigenvalue weighted by atomic mass is 10.1. The monoisotopic (exact) mass is 297 g/mol. The Bertz CT molecular complexity index is 391. The highest BCUT2D eigenvalue weighted by Crippen LogP contribution is 2.24. The van der Waals surface area contributed by atoms with Gasteiger partial charge in [-0.25, -0.2) is 5.06 Å². The maximum atomic E-state index is 11.9. The van der Waals surface area contributed by atoms with E-state index in [-0.39, 0.29) is 11.8 Å². The lowest BCUT2D eigenvalue weighted by Crippen LogP contribution is -2.38. The highest BCUT2D eigenvalue weighted by Gasteiger charge is 2.26. The van der Waals surface area contributed by atoms with Crippen molar-refractivity contribution in [3.8, 4) is 0 Å². The number of Topliss-reactive ketones (excluding diaryl/α,β-unsaturated/α-hetero) is 1. The molecule has 0 aromatic heterocycles. The van der Waals surface area contributed by atoms with Gasteiger partial charge in [-0.2, -0.15) is 0 Å². The third-order valence-electron chi connectivity index (χ3n) is 3.16. The van der Waals surface area contributed by atoms with Crippen LogP contribution < -0.4 is 5.06 Å². The van der Waals surface area contributed by atoms with E-state index in [1.807, 2.05) is 24.3 Å². The van der Waals surface area contributed by atoms with E-state index in [0.717, 1.165) is 35.2 Å². The molecule has 0 bridgehead atoms. The van der Waals surface area contributed by atoms with Gasteiger partial charge >= 0.3 is 0 Å². The van der Waals surface area contributed by atoms with Crippen molar-refractivity contribution < 1.29 is 10.0 Å². The van der Waals surface area contributed by atoms with E-state index in [2.05, 4.69) is 15.9 Å². The Balaban J connectivity index is 2.14. The fourth-order valence-electron chi connectivity index (χ4n) is 2.17. The molecule has 3 nitrogen and oxygen atoms in total. The van der Waals surface area contributed by atoms with E-state index in [0.29, 0.717) is 12.1 Å². The van der Waals surface area contributed by atoms with Gasteiger partial charge in [-0.1, -0.05) is 28.8 Å². The molecule has 1 aromatic rings. The highest BCUT2D eigenvalue weighted by molar-refractivity contribution is 9.10. The number of carbonyl (C=O) groups excluding carboxylic acids is 1. The van der Waals surface area contributed by atoms with E-state index in [1.54, 1.807) is 0 Å². The second-order valence-corrected chi connectivity index (χ2v) is 5.32. The molecule has 17 heavy (non-hydrogen) atoms. The van der Waals surface area contributed by atoms with Crippen LogP contribution in [0, 0.1) is 0 Å². The predicted molar refractivity (Wildman–Crippen MR) is 70.3 cm³/mol. The number of benzene rings is 1. The van der Waals surface area contributed by atoms with Gasteiger partial charge in [0.2, 0.25) is 0 Å². The number of carbonyl (C=O) groups is 1. The van der Waals surface area contributed by atoms with E-state index in [4.69, 9.17) is 0 Å². The van der Waals surface area contributed by atoms with Crippen LogP contribution in [0.3, 0.4) is 0 Å². The highest BCUT2D eigenvalue weighted by atomic mass is 79.9. The summed E-state index contributed by atoms with van der Waals surface area (Å²) in [6.07, 6.45) is 4.35. The second kappa shape index (κ2) is 5.65. The van der Waals surface area contributed by atoms with Crippen molar-refractivity contribution in [3.63, 3.8) is 0 Å². The number of anilines is 1. The summed E-state index contributed by atoms with van der Waals surface area (Å²) >= 11 is 3.35. The molecule has 0 radical (unpaired) electrons. The van der Waals surface area contributed by atoms with E-state index < -0.39 is 0 Å². The Morgan fingerprint density at radius 1 is 1.18 bits per heavy atom. The molecule has 0 spiro atoms. The first-order valence-corrected chi connectivity index (χ1v) is 6.74. The number of hydrogen-bond donors (Lipinski definition) is 1. The number of hydroxylamine groups is 1. The van der Waals surface area contributed by atoms with Crippen LogP contribution in [0.4, 0.5) is 5.69 Å². The zero-order valence-electron chi connectivity index (χ0n) is 9.60. The van der Waals surface area contributed by atoms with Gasteiger partial charge in [0.05, 0.1) is 5.69 Å². The van der Waals surface area contributed by atoms with Crippen molar-refractivity contribution in [1.82, 2.24) is 0 Å². The summed E-state index contributed by atoms with van der Waals surface area (Å²) in [5, 5.41) is 11.3. The quantitative estimate of drug-likeness (QED) is 0.670. The molecule has 1 aliphatic rings. The van der Waals surface area contributed by atoms with Crippen molar-refractivity contribution >= 4 is 27.4 Å². The molecule has 4 heteroatoms. The number of nitrogens with zero attached hydrogens (tertiary/aromatic N) is 1. The molecule has 1 aromatic carbocycles.